The Hall–Kier alpha value is -4.52. The van der Waals surface area contributed by atoms with Crippen molar-refractivity contribution in [3.05, 3.63) is 71.5 Å². The minimum Gasteiger partial charge on any atom is -0.497 e. The van der Waals surface area contributed by atoms with Gasteiger partial charge < -0.3 is 20.1 Å². The number of ether oxygens (including phenoxy) is 1. The summed E-state index contributed by atoms with van der Waals surface area (Å²) in [5, 5.41) is 13.3. The van der Waals surface area contributed by atoms with Crippen LogP contribution in [0.1, 0.15) is 25.7 Å². The summed E-state index contributed by atoms with van der Waals surface area (Å²) in [6.45, 7) is 7.96. The van der Waals surface area contributed by atoms with E-state index in [2.05, 4.69) is 20.1 Å². The van der Waals surface area contributed by atoms with E-state index in [1.54, 1.807) is 24.3 Å². The summed E-state index contributed by atoms with van der Waals surface area (Å²) >= 11 is 0. The van der Waals surface area contributed by atoms with E-state index in [4.69, 9.17) is 11.3 Å². The van der Waals surface area contributed by atoms with Gasteiger partial charge in [-0.05, 0) is 61.3 Å². The fourth-order valence-electron chi connectivity index (χ4n) is 6.49. The normalized spacial score (nSPS) is 21.8. The van der Waals surface area contributed by atoms with E-state index >= 15 is 4.39 Å². The molecular weight excluding hydrogens is 521 g/mol. The lowest BCUT2D eigenvalue weighted by atomic mass is 9.61. The molecule has 2 bridgehead atoms. The van der Waals surface area contributed by atoms with Gasteiger partial charge in [-0.15, -0.1) is 0 Å². The first-order valence-corrected chi connectivity index (χ1v) is 13.0. The molecule has 2 atom stereocenters. The molecule has 0 aliphatic heterocycles. The van der Waals surface area contributed by atoms with Crippen LogP contribution in [-0.4, -0.2) is 34.2 Å². The summed E-state index contributed by atoms with van der Waals surface area (Å²) in [5.74, 6) is -3.75. The molecule has 3 aliphatic rings. The Balaban J connectivity index is 1.58. The number of methoxy groups -OCH3 is 1. The summed E-state index contributed by atoms with van der Waals surface area (Å²) in [6, 6.07) is 7.80. The smallest absolute Gasteiger partial charge is 0.308 e. The van der Waals surface area contributed by atoms with Gasteiger partial charge in [-0.3, -0.25) is 4.79 Å². The zero-order valence-electron chi connectivity index (χ0n) is 21.5. The number of rotatable bonds is 6. The standard InChI is InChI=1S/C30H25F3N4O3/c1-34-28-22(14-7-9-18(40-2)10-8-14)24(33)29(36-25-16-5-3-15(4-6-16)23(25)30(38)39)37-27(28)20-13-35-26-19(20)11-17(31)12-21(26)32/h7-13,15-16,23,25,35H,3-6H2,2H3,(H,36,37)(H,38,39). The third-order valence-corrected chi connectivity index (χ3v) is 8.37. The van der Waals surface area contributed by atoms with Crippen LogP contribution in [0.25, 0.3) is 38.1 Å². The number of H-pyrrole nitrogens is 1. The van der Waals surface area contributed by atoms with E-state index in [9.17, 15) is 18.7 Å². The Morgan fingerprint density at radius 2 is 1.82 bits per heavy atom. The Morgan fingerprint density at radius 1 is 1.12 bits per heavy atom. The molecule has 204 valence electrons. The number of benzene rings is 2. The van der Waals surface area contributed by atoms with E-state index in [0.717, 1.165) is 37.8 Å². The van der Waals surface area contributed by atoms with Gasteiger partial charge in [0.2, 0.25) is 5.69 Å². The monoisotopic (exact) mass is 546 g/mol. The number of fused-ring (bicyclic) bond motifs is 4. The van der Waals surface area contributed by atoms with E-state index in [1.807, 2.05) is 0 Å². The van der Waals surface area contributed by atoms with Gasteiger partial charge in [0.05, 0.1) is 30.8 Å². The Kier molecular flexibility index (Phi) is 6.37. The van der Waals surface area contributed by atoms with E-state index in [0.29, 0.717) is 11.3 Å². The molecule has 7 rings (SSSR count). The molecule has 10 heteroatoms. The van der Waals surface area contributed by atoms with Crippen LogP contribution in [0.3, 0.4) is 0 Å². The van der Waals surface area contributed by atoms with Crippen LogP contribution in [0.4, 0.5) is 24.7 Å². The zero-order valence-corrected chi connectivity index (χ0v) is 21.5. The average Bonchev–Trinajstić information content (AvgIpc) is 3.38. The lowest BCUT2D eigenvalue weighted by Gasteiger charge is -2.47. The topological polar surface area (TPSA) is 91.6 Å². The summed E-state index contributed by atoms with van der Waals surface area (Å²) in [5.41, 5.74) is 0.441. The highest BCUT2D eigenvalue weighted by atomic mass is 19.1. The van der Waals surface area contributed by atoms with Crippen molar-refractivity contribution in [3.63, 3.8) is 0 Å². The molecule has 4 aromatic rings. The van der Waals surface area contributed by atoms with Crippen molar-refractivity contribution >= 4 is 28.4 Å². The quantitative estimate of drug-likeness (QED) is 0.223. The first-order valence-electron chi connectivity index (χ1n) is 13.0. The molecule has 2 aromatic heterocycles. The number of hydrogen-bond donors (Lipinski definition) is 3. The van der Waals surface area contributed by atoms with E-state index in [1.165, 1.54) is 13.3 Å². The van der Waals surface area contributed by atoms with Crippen molar-refractivity contribution < 1.29 is 27.8 Å². The van der Waals surface area contributed by atoms with E-state index < -0.39 is 35.4 Å². The van der Waals surface area contributed by atoms with Crippen LogP contribution in [0.2, 0.25) is 0 Å². The van der Waals surface area contributed by atoms with Gasteiger partial charge in [0.15, 0.2) is 11.6 Å². The zero-order chi connectivity index (χ0) is 28.1. The largest absolute Gasteiger partial charge is 0.497 e. The Morgan fingerprint density at radius 3 is 2.48 bits per heavy atom. The maximum atomic E-state index is 16.4. The van der Waals surface area contributed by atoms with Crippen molar-refractivity contribution in [2.45, 2.75) is 31.7 Å². The Bertz CT molecular complexity index is 1670. The fraction of sp³-hybridized carbons (Fsp3) is 0.300. The van der Waals surface area contributed by atoms with Crippen LogP contribution in [-0.2, 0) is 4.79 Å². The second-order valence-electron chi connectivity index (χ2n) is 10.4. The number of nitrogens with zero attached hydrogens (tertiary/aromatic N) is 2. The maximum Gasteiger partial charge on any atom is 0.308 e. The number of carboxylic acids is 1. The van der Waals surface area contributed by atoms with Crippen LogP contribution >= 0.6 is 0 Å². The summed E-state index contributed by atoms with van der Waals surface area (Å²) in [7, 11) is 1.50. The second kappa shape index (κ2) is 9.90. The summed E-state index contributed by atoms with van der Waals surface area (Å²) in [6.07, 6.45) is 4.68. The number of aliphatic carboxylic acids is 1. The third-order valence-electron chi connectivity index (χ3n) is 8.37. The first-order chi connectivity index (χ1) is 19.3. The molecule has 3 saturated carbocycles. The second-order valence-corrected chi connectivity index (χ2v) is 10.4. The minimum atomic E-state index is -0.941. The number of pyridine rings is 1. The first kappa shape index (κ1) is 25.7. The van der Waals surface area contributed by atoms with Crippen LogP contribution in [0.5, 0.6) is 5.75 Å². The number of aromatic nitrogens is 2. The van der Waals surface area contributed by atoms with Crippen molar-refractivity contribution in [2.24, 2.45) is 17.8 Å². The number of nitrogens with one attached hydrogen (secondary N) is 2. The van der Waals surface area contributed by atoms with Gasteiger partial charge in [-0.25, -0.2) is 23.0 Å². The third kappa shape index (κ3) is 4.13. The molecule has 7 nitrogen and oxygen atoms in total. The molecule has 3 fully saturated rings. The van der Waals surface area contributed by atoms with Crippen molar-refractivity contribution in [2.75, 3.05) is 12.4 Å². The number of aromatic amines is 1. The number of anilines is 1. The minimum absolute atomic E-state index is 0.0220. The molecule has 0 spiro atoms. The van der Waals surface area contributed by atoms with Gasteiger partial charge in [-0.2, -0.15) is 0 Å². The molecule has 2 heterocycles. The van der Waals surface area contributed by atoms with Gasteiger partial charge in [0, 0.05) is 34.8 Å². The summed E-state index contributed by atoms with van der Waals surface area (Å²) < 4.78 is 50.4. The molecule has 2 unspecified atom stereocenters. The van der Waals surface area contributed by atoms with Crippen LogP contribution in [0, 0.1) is 41.8 Å². The molecule has 3 N–H and O–H groups in total. The molecule has 2 aromatic carbocycles. The number of halogens is 3. The highest BCUT2D eigenvalue weighted by molar-refractivity contribution is 6.01. The highest BCUT2D eigenvalue weighted by Crippen LogP contribution is 2.48. The number of hydrogen-bond acceptors (Lipinski definition) is 4. The molecule has 0 amide bonds. The van der Waals surface area contributed by atoms with Crippen molar-refractivity contribution in [3.8, 4) is 28.1 Å². The molecule has 0 radical (unpaired) electrons. The predicted octanol–water partition coefficient (Wildman–Crippen LogP) is 7.17. The molecular formula is C30H25F3N4O3. The lowest BCUT2D eigenvalue weighted by Crippen LogP contribution is -2.51. The maximum absolute atomic E-state index is 16.4. The average molecular weight is 547 g/mol. The lowest BCUT2D eigenvalue weighted by molar-refractivity contribution is -0.148. The SMILES string of the molecule is [C-]#[N+]c1c(-c2c[nH]c3c(F)cc(F)cc23)nc(NC2C3CCC(CC3)C2C(=O)O)c(F)c1-c1ccc(OC)cc1. The predicted molar refractivity (Wildman–Crippen MR) is 144 cm³/mol. The van der Waals surface area contributed by atoms with Crippen LogP contribution in [0.15, 0.2) is 42.6 Å². The number of carbonyl (C=O) groups is 1. The molecule has 40 heavy (non-hydrogen) atoms. The van der Waals surface area contributed by atoms with Crippen LogP contribution < -0.4 is 10.1 Å². The molecule has 3 aliphatic carbocycles. The van der Waals surface area contributed by atoms with Gasteiger partial charge in [-0.1, -0.05) is 12.1 Å². The Labute approximate surface area is 227 Å². The van der Waals surface area contributed by atoms with Gasteiger partial charge >= 0.3 is 5.97 Å². The highest BCUT2D eigenvalue weighted by Gasteiger charge is 2.47. The van der Waals surface area contributed by atoms with Crippen molar-refractivity contribution in [1.29, 1.82) is 0 Å². The van der Waals surface area contributed by atoms with E-state index in [-0.39, 0.29) is 51.1 Å². The fourth-order valence-corrected chi connectivity index (χ4v) is 6.49. The number of carboxylic acid groups (broad SMARTS) is 1. The molecule has 0 saturated heterocycles. The summed E-state index contributed by atoms with van der Waals surface area (Å²) in [4.78, 5) is 23.2. The van der Waals surface area contributed by atoms with Crippen molar-refractivity contribution in [1.82, 2.24) is 9.97 Å². The van der Waals surface area contributed by atoms with Gasteiger partial charge in [0.25, 0.3) is 0 Å². The van der Waals surface area contributed by atoms with Gasteiger partial charge in [0.1, 0.15) is 17.4 Å².